The lowest BCUT2D eigenvalue weighted by molar-refractivity contribution is -0.116. The zero-order valence-electron chi connectivity index (χ0n) is 14.1. The summed E-state index contributed by atoms with van der Waals surface area (Å²) in [5, 5.41) is 6.45. The number of rotatable bonds is 5. The largest absolute Gasteiger partial charge is 0.486 e. The molecule has 1 aliphatic rings. The van der Waals surface area contributed by atoms with Gasteiger partial charge in [0.1, 0.15) is 25.5 Å². The fourth-order valence-electron chi connectivity index (χ4n) is 2.45. The number of anilines is 1. The van der Waals surface area contributed by atoms with Crippen molar-refractivity contribution < 1.29 is 23.6 Å². The van der Waals surface area contributed by atoms with Crippen molar-refractivity contribution in [1.29, 1.82) is 0 Å². The summed E-state index contributed by atoms with van der Waals surface area (Å²) in [6.07, 6.45) is 0. The van der Waals surface area contributed by atoms with E-state index in [0.29, 0.717) is 42.7 Å². The fourth-order valence-corrected chi connectivity index (χ4v) is 2.45. The zero-order chi connectivity index (χ0) is 17.8. The van der Waals surface area contributed by atoms with Gasteiger partial charge in [-0.15, -0.1) is 0 Å². The van der Waals surface area contributed by atoms with Gasteiger partial charge in [-0.05, 0) is 26.0 Å². The van der Waals surface area contributed by atoms with Crippen LogP contribution < -0.4 is 14.8 Å². The molecule has 0 radical (unpaired) electrons. The molecule has 0 fully saturated rings. The van der Waals surface area contributed by atoms with E-state index in [1.165, 1.54) is 4.90 Å². The number of hydrogen-bond acceptors (Lipinski definition) is 6. The van der Waals surface area contributed by atoms with Gasteiger partial charge in [0.2, 0.25) is 5.91 Å². The third-order valence-electron chi connectivity index (χ3n) is 3.68. The molecule has 2 aromatic rings. The highest BCUT2D eigenvalue weighted by Crippen LogP contribution is 2.32. The van der Waals surface area contributed by atoms with Crippen LogP contribution in [0.25, 0.3) is 0 Å². The maximum absolute atomic E-state index is 12.4. The summed E-state index contributed by atoms with van der Waals surface area (Å²) in [6.45, 7) is 4.76. The van der Waals surface area contributed by atoms with E-state index in [2.05, 4.69) is 10.5 Å². The van der Waals surface area contributed by atoms with Crippen LogP contribution in [0.3, 0.4) is 0 Å². The minimum Gasteiger partial charge on any atom is -0.486 e. The van der Waals surface area contributed by atoms with Crippen LogP contribution in [0.15, 0.2) is 28.8 Å². The van der Waals surface area contributed by atoms with E-state index in [-0.39, 0.29) is 24.1 Å². The molecule has 8 nitrogen and oxygen atoms in total. The van der Waals surface area contributed by atoms with Gasteiger partial charge in [-0.1, -0.05) is 5.16 Å². The Hall–Kier alpha value is -3.03. The normalized spacial score (nSPS) is 12.6. The quantitative estimate of drug-likeness (QED) is 0.889. The summed E-state index contributed by atoms with van der Waals surface area (Å²) < 4.78 is 15.8. The highest BCUT2D eigenvalue weighted by molar-refractivity contribution is 5.98. The standard InChI is InChI=1S/C17H19N3O5/c1-3-20(17(22)13-8-11(2)25-19-13)10-16(21)18-12-4-5-14-15(9-12)24-7-6-23-14/h4-5,8-9H,3,6-7,10H2,1-2H3,(H,18,21). The minimum atomic E-state index is -0.350. The number of fused-ring (bicyclic) bond motifs is 1. The van der Waals surface area contributed by atoms with Crippen molar-refractivity contribution in [3.63, 3.8) is 0 Å². The number of carbonyl (C=O) groups excluding carboxylic acids is 2. The second-order valence-corrected chi connectivity index (χ2v) is 5.55. The van der Waals surface area contributed by atoms with Crippen molar-refractivity contribution in [2.24, 2.45) is 0 Å². The van der Waals surface area contributed by atoms with E-state index < -0.39 is 0 Å². The molecule has 0 saturated carbocycles. The van der Waals surface area contributed by atoms with Gasteiger partial charge in [0.25, 0.3) is 5.91 Å². The van der Waals surface area contributed by atoms with Crippen molar-refractivity contribution in [2.75, 3.05) is 31.6 Å². The molecule has 0 bridgehead atoms. The van der Waals surface area contributed by atoms with Gasteiger partial charge in [0.05, 0.1) is 0 Å². The van der Waals surface area contributed by atoms with Gasteiger partial charge in [-0.2, -0.15) is 0 Å². The summed E-state index contributed by atoms with van der Waals surface area (Å²) in [6, 6.07) is 6.71. The summed E-state index contributed by atoms with van der Waals surface area (Å²) >= 11 is 0. The maximum Gasteiger partial charge on any atom is 0.276 e. The predicted molar refractivity (Wildman–Crippen MR) is 88.9 cm³/mol. The molecular weight excluding hydrogens is 326 g/mol. The number of nitrogens with zero attached hydrogens (tertiary/aromatic N) is 2. The van der Waals surface area contributed by atoms with Gasteiger partial charge in [0.15, 0.2) is 17.2 Å². The number of aromatic nitrogens is 1. The molecule has 1 aliphatic heterocycles. The van der Waals surface area contributed by atoms with Gasteiger partial charge < -0.3 is 24.2 Å². The average molecular weight is 345 g/mol. The molecule has 0 spiro atoms. The number of aryl methyl sites for hydroxylation is 1. The second-order valence-electron chi connectivity index (χ2n) is 5.55. The number of nitrogens with one attached hydrogen (secondary N) is 1. The van der Waals surface area contributed by atoms with E-state index >= 15 is 0 Å². The zero-order valence-corrected chi connectivity index (χ0v) is 14.1. The lowest BCUT2D eigenvalue weighted by Gasteiger charge is -2.20. The van der Waals surface area contributed by atoms with Crippen LogP contribution in [0, 0.1) is 6.92 Å². The summed E-state index contributed by atoms with van der Waals surface area (Å²) in [5.74, 6) is 1.12. The minimum absolute atomic E-state index is 0.0876. The molecule has 1 N–H and O–H groups in total. The first-order valence-electron chi connectivity index (χ1n) is 7.99. The van der Waals surface area contributed by atoms with Crippen LogP contribution in [0.2, 0.25) is 0 Å². The Morgan fingerprint density at radius 3 is 2.64 bits per heavy atom. The molecule has 0 atom stereocenters. The van der Waals surface area contributed by atoms with E-state index in [4.69, 9.17) is 14.0 Å². The van der Waals surface area contributed by atoms with E-state index in [1.807, 2.05) is 0 Å². The first-order chi connectivity index (χ1) is 12.1. The van der Waals surface area contributed by atoms with E-state index in [9.17, 15) is 9.59 Å². The molecule has 0 unspecified atom stereocenters. The molecule has 1 aromatic heterocycles. The van der Waals surface area contributed by atoms with E-state index in [1.54, 1.807) is 38.1 Å². The third kappa shape index (κ3) is 3.90. The number of amides is 2. The fraction of sp³-hybridized carbons (Fsp3) is 0.353. The topological polar surface area (TPSA) is 93.9 Å². The van der Waals surface area contributed by atoms with E-state index in [0.717, 1.165) is 0 Å². The highest BCUT2D eigenvalue weighted by atomic mass is 16.6. The third-order valence-corrected chi connectivity index (χ3v) is 3.68. The first kappa shape index (κ1) is 16.8. The monoisotopic (exact) mass is 345 g/mol. The molecule has 132 valence electrons. The Balaban J connectivity index is 1.63. The summed E-state index contributed by atoms with van der Waals surface area (Å²) in [5.41, 5.74) is 0.765. The van der Waals surface area contributed by atoms with Crippen molar-refractivity contribution >= 4 is 17.5 Å². The van der Waals surface area contributed by atoms with Gasteiger partial charge in [0, 0.05) is 24.4 Å². The SMILES string of the molecule is CCN(CC(=O)Nc1ccc2c(c1)OCCO2)C(=O)c1cc(C)on1. The molecule has 25 heavy (non-hydrogen) atoms. The molecule has 2 amide bonds. The summed E-state index contributed by atoms with van der Waals surface area (Å²) in [4.78, 5) is 26.0. The average Bonchev–Trinajstić information content (AvgIpc) is 3.05. The molecule has 0 saturated heterocycles. The van der Waals surface area contributed by atoms with Gasteiger partial charge in [-0.3, -0.25) is 9.59 Å². The Morgan fingerprint density at radius 2 is 1.96 bits per heavy atom. The van der Waals surface area contributed by atoms with Gasteiger partial charge in [-0.25, -0.2) is 0 Å². The lowest BCUT2D eigenvalue weighted by Crippen LogP contribution is -2.38. The summed E-state index contributed by atoms with van der Waals surface area (Å²) in [7, 11) is 0. The van der Waals surface area contributed by atoms with Crippen molar-refractivity contribution in [3.05, 3.63) is 35.7 Å². The molecular formula is C17H19N3O5. The van der Waals surface area contributed by atoms with Crippen LogP contribution in [0.4, 0.5) is 5.69 Å². The van der Waals surface area contributed by atoms with Crippen LogP contribution in [-0.2, 0) is 4.79 Å². The number of likely N-dealkylation sites (N-methyl/N-ethyl adjacent to an activating group) is 1. The van der Waals surface area contributed by atoms with Crippen LogP contribution >= 0.6 is 0 Å². The number of benzene rings is 1. The highest BCUT2D eigenvalue weighted by Gasteiger charge is 2.21. The van der Waals surface area contributed by atoms with Crippen molar-refractivity contribution in [2.45, 2.75) is 13.8 Å². The first-order valence-corrected chi connectivity index (χ1v) is 7.99. The predicted octanol–water partition coefficient (Wildman–Crippen LogP) is 1.86. The Morgan fingerprint density at radius 1 is 1.20 bits per heavy atom. The Labute approximate surface area is 144 Å². The number of hydrogen-bond donors (Lipinski definition) is 1. The number of ether oxygens (including phenoxy) is 2. The number of carbonyl (C=O) groups is 2. The van der Waals surface area contributed by atoms with Gasteiger partial charge >= 0.3 is 0 Å². The smallest absolute Gasteiger partial charge is 0.276 e. The molecule has 1 aromatic carbocycles. The maximum atomic E-state index is 12.4. The van der Waals surface area contributed by atoms with Crippen molar-refractivity contribution in [3.8, 4) is 11.5 Å². The molecule has 0 aliphatic carbocycles. The molecule has 2 heterocycles. The van der Waals surface area contributed by atoms with Crippen LogP contribution in [0.1, 0.15) is 23.2 Å². The Kier molecular flexibility index (Phi) is 4.87. The lowest BCUT2D eigenvalue weighted by atomic mass is 10.2. The van der Waals surface area contributed by atoms with Crippen LogP contribution in [-0.4, -0.2) is 48.2 Å². The van der Waals surface area contributed by atoms with Crippen molar-refractivity contribution in [1.82, 2.24) is 10.1 Å². The van der Waals surface area contributed by atoms with Crippen LogP contribution in [0.5, 0.6) is 11.5 Å². The molecule has 8 heteroatoms. The Bertz CT molecular complexity index is 786. The second kappa shape index (κ2) is 7.25. The molecule has 3 rings (SSSR count).